The van der Waals surface area contributed by atoms with Crippen LogP contribution < -0.4 is 10.3 Å². The van der Waals surface area contributed by atoms with Gasteiger partial charge in [0, 0.05) is 37.5 Å². The fourth-order valence-electron chi connectivity index (χ4n) is 3.85. The zero-order valence-electron chi connectivity index (χ0n) is 18.3. The van der Waals surface area contributed by atoms with E-state index in [4.69, 9.17) is 10.1 Å². The van der Waals surface area contributed by atoms with Crippen LogP contribution in [-0.2, 0) is 6.54 Å². The summed E-state index contributed by atoms with van der Waals surface area (Å²) >= 11 is 0. The number of ether oxygens (including phenoxy) is 1. The van der Waals surface area contributed by atoms with E-state index in [0.29, 0.717) is 23.7 Å². The Labute approximate surface area is 191 Å². The molecule has 2 heterocycles. The molecule has 33 heavy (non-hydrogen) atoms. The lowest BCUT2D eigenvalue weighted by Crippen LogP contribution is -2.25. The third-order valence-electron chi connectivity index (χ3n) is 5.52. The number of nitrogens with zero attached hydrogens (tertiary/aromatic N) is 5. The van der Waals surface area contributed by atoms with Gasteiger partial charge in [-0.05, 0) is 30.5 Å². The zero-order chi connectivity index (χ0) is 23.2. The molecule has 0 bridgehead atoms. The summed E-state index contributed by atoms with van der Waals surface area (Å²) in [6, 6.07) is 10.7. The van der Waals surface area contributed by atoms with Crippen LogP contribution in [0.5, 0.6) is 5.75 Å². The smallest absolute Gasteiger partial charge is 0.267 e. The number of aliphatic hydroxyl groups excluding tert-OH is 1. The van der Waals surface area contributed by atoms with Gasteiger partial charge in [-0.2, -0.15) is 5.10 Å². The van der Waals surface area contributed by atoms with Crippen LogP contribution in [0.2, 0.25) is 0 Å². The van der Waals surface area contributed by atoms with Crippen LogP contribution in [0.15, 0.2) is 58.6 Å². The Bertz CT molecular complexity index is 1190. The van der Waals surface area contributed by atoms with E-state index in [1.54, 1.807) is 31.7 Å². The van der Waals surface area contributed by atoms with Gasteiger partial charge in [0.2, 0.25) is 0 Å². The molecule has 3 atom stereocenters. The minimum atomic E-state index is -0.380. The first-order valence-corrected chi connectivity index (χ1v) is 10.8. The fraction of sp³-hybridized carbons (Fsp3) is 0.333. The van der Waals surface area contributed by atoms with E-state index >= 15 is 0 Å². The van der Waals surface area contributed by atoms with Gasteiger partial charge in [0.25, 0.3) is 5.56 Å². The molecular formula is C24H26N6O3. The molecule has 1 fully saturated rings. The van der Waals surface area contributed by atoms with Crippen LogP contribution in [-0.4, -0.2) is 56.5 Å². The van der Waals surface area contributed by atoms with Crippen LogP contribution in [0.4, 0.5) is 0 Å². The normalized spacial score (nSPS) is 19.0. The minimum absolute atomic E-state index is 0.00444. The summed E-state index contributed by atoms with van der Waals surface area (Å²) in [6.07, 6.45) is 8.05. The monoisotopic (exact) mass is 446 g/mol. The maximum atomic E-state index is 12.4. The lowest BCUT2D eigenvalue weighted by Gasteiger charge is -2.13. The average Bonchev–Trinajstić information content (AvgIpc) is 3.24. The Morgan fingerprint density at radius 3 is 2.79 bits per heavy atom. The van der Waals surface area contributed by atoms with E-state index in [-0.39, 0.29) is 30.2 Å². The molecule has 1 saturated carbocycles. The quantitative estimate of drug-likeness (QED) is 0.512. The van der Waals surface area contributed by atoms with Crippen molar-refractivity contribution < 1.29 is 9.84 Å². The van der Waals surface area contributed by atoms with Crippen molar-refractivity contribution in [3.63, 3.8) is 0 Å². The van der Waals surface area contributed by atoms with Gasteiger partial charge in [0.15, 0.2) is 11.6 Å². The summed E-state index contributed by atoms with van der Waals surface area (Å²) in [5.41, 5.74) is 2.05. The number of hydrogen-bond acceptors (Lipinski definition) is 8. The molecule has 2 aromatic heterocycles. The lowest BCUT2D eigenvalue weighted by molar-refractivity contribution is 0.149. The van der Waals surface area contributed by atoms with Gasteiger partial charge in [-0.3, -0.25) is 9.79 Å². The van der Waals surface area contributed by atoms with E-state index in [1.165, 1.54) is 17.0 Å². The minimum Gasteiger partial charge on any atom is -0.487 e. The molecule has 9 heteroatoms. The van der Waals surface area contributed by atoms with Gasteiger partial charge < -0.3 is 15.3 Å². The molecule has 0 aliphatic heterocycles. The van der Waals surface area contributed by atoms with Gasteiger partial charge in [-0.15, -0.1) is 0 Å². The first-order chi connectivity index (χ1) is 16.1. The molecule has 1 aromatic carbocycles. The van der Waals surface area contributed by atoms with E-state index in [9.17, 15) is 9.90 Å². The summed E-state index contributed by atoms with van der Waals surface area (Å²) in [5, 5.41) is 21.6. The first-order valence-electron chi connectivity index (χ1n) is 10.8. The molecule has 3 aromatic rings. The SMILES string of the molecule is CN=CC(C=N)c1ccc(=O)n(Cc2cccc(-c3ncc(OC4CCC(O)C4)cn3)c2)n1. The maximum Gasteiger partial charge on any atom is 0.267 e. The molecule has 1 aliphatic carbocycles. The highest BCUT2D eigenvalue weighted by Crippen LogP contribution is 2.25. The Kier molecular flexibility index (Phi) is 6.99. The molecule has 170 valence electrons. The summed E-state index contributed by atoms with van der Waals surface area (Å²) in [4.78, 5) is 25.2. The molecule has 0 spiro atoms. The second kappa shape index (κ2) is 10.3. The number of nitrogens with one attached hydrogen (secondary N) is 1. The number of hydrogen-bond donors (Lipinski definition) is 2. The van der Waals surface area contributed by atoms with Crippen molar-refractivity contribution in [2.24, 2.45) is 4.99 Å². The van der Waals surface area contributed by atoms with Crippen molar-refractivity contribution >= 4 is 12.4 Å². The van der Waals surface area contributed by atoms with Crippen LogP contribution in [0, 0.1) is 5.41 Å². The standard InChI is InChI=1S/C24H26N6O3/c1-26-12-18(11-25)22-7-8-23(32)30(29-22)15-16-3-2-4-17(9-16)24-27-13-21(14-28-24)33-20-6-5-19(31)10-20/h2-4,7-9,11-14,18-20,25,31H,5-6,10,15H2,1H3. The number of aliphatic hydroxyl groups is 1. The van der Waals surface area contributed by atoms with Gasteiger partial charge >= 0.3 is 0 Å². The number of aliphatic imine (C=N–C) groups is 1. The number of rotatable bonds is 8. The lowest BCUT2D eigenvalue weighted by atomic mass is 10.1. The Balaban J connectivity index is 1.50. The molecule has 9 nitrogen and oxygen atoms in total. The van der Waals surface area contributed by atoms with E-state index in [0.717, 1.165) is 24.0 Å². The van der Waals surface area contributed by atoms with Gasteiger partial charge in [0.05, 0.1) is 36.7 Å². The topological polar surface area (TPSA) is 126 Å². The third-order valence-corrected chi connectivity index (χ3v) is 5.52. The van der Waals surface area contributed by atoms with Crippen molar-refractivity contribution in [2.75, 3.05) is 7.05 Å². The molecule has 3 unspecified atom stereocenters. The third kappa shape index (κ3) is 5.56. The van der Waals surface area contributed by atoms with Crippen LogP contribution in [0.1, 0.15) is 36.4 Å². The summed E-state index contributed by atoms with van der Waals surface area (Å²) in [7, 11) is 1.64. The molecular weight excluding hydrogens is 420 g/mol. The Morgan fingerprint density at radius 2 is 2.09 bits per heavy atom. The molecule has 0 radical (unpaired) electrons. The summed E-state index contributed by atoms with van der Waals surface area (Å²) < 4.78 is 7.23. The van der Waals surface area contributed by atoms with Crippen LogP contribution >= 0.6 is 0 Å². The maximum absolute atomic E-state index is 12.4. The highest BCUT2D eigenvalue weighted by Gasteiger charge is 2.24. The fourth-order valence-corrected chi connectivity index (χ4v) is 3.85. The van der Waals surface area contributed by atoms with E-state index in [2.05, 4.69) is 20.1 Å². The largest absolute Gasteiger partial charge is 0.487 e. The van der Waals surface area contributed by atoms with Crippen LogP contribution in [0.3, 0.4) is 0 Å². The second-order valence-electron chi connectivity index (χ2n) is 8.00. The van der Waals surface area contributed by atoms with Crippen molar-refractivity contribution in [3.05, 3.63) is 70.4 Å². The van der Waals surface area contributed by atoms with E-state index in [1.807, 2.05) is 24.3 Å². The Morgan fingerprint density at radius 1 is 1.27 bits per heavy atom. The molecule has 0 amide bonds. The predicted molar refractivity (Wildman–Crippen MR) is 125 cm³/mol. The van der Waals surface area contributed by atoms with Crippen LogP contribution in [0.25, 0.3) is 11.4 Å². The molecule has 2 N–H and O–H groups in total. The van der Waals surface area contributed by atoms with Gasteiger partial charge in [0.1, 0.15) is 6.10 Å². The summed E-state index contributed by atoms with van der Waals surface area (Å²) in [6.45, 7) is 0.277. The van der Waals surface area contributed by atoms with Crippen molar-refractivity contribution in [2.45, 2.75) is 43.9 Å². The van der Waals surface area contributed by atoms with E-state index < -0.39 is 0 Å². The zero-order valence-corrected chi connectivity index (χ0v) is 18.3. The van der Waals surface area contributed by atoms with Gasteiger partial charge in [-0.1, -0.05) is 18.2 Å². The average molecular weight is 447 g/mol. The summed E-state index contributed by atoms with van der Waals surface area (Å²) in [5.74, 6) is 0.750. The first kappa shape index (κ1) is 22.5. The van der Waals surface area contributed by atoms with Crippen molar-refractivity contribution in [3.8, 4) is 17.1 Å². The molecule has 4 rings (SSSR count). The number of benzene rings is 1. The van der Waals surface area contributed by atoms with Crippen molar-refractivity contribution in [1.82, 2.24) is 19.7 Å². The van der Waals surface area contributed by atoms with Gasteiger partial charge in [-0.25, -0.2) is 14.6 Å². The highest BCUT2D eigenvalue weighted by atomic mass is 16.5. The predicted octanol–water partition coefficient (Wildman–Crippen LogP) is 2.47. The molecule has 1 aliphatic rings. The highest BCUT2D eigenvalue weighted by molar-refractivity contribution is 5.88. The van der Waals surface area contributed by atoms with Crippen molar-refractivity contribution in [1.29, 1.82) is 5.41 Å². The second-order valence-corrected chi connectivity index (χ2v) is 8.00. The Hall–Kier alpha value is -3.72. The molecule has 0 saturated heterocycles. The number of aromatic nitrogens is 4.